The van der Waals surface area contributed by atoms with Gasteiger partial charge >= 0.3 is 0 Å². The van der Waals surface area contributed by atoms with Crippen molar-refractivity contribution in [2.45, 2.75) is 6.54 Å². The van der Waals surface area contributed by atoms with E-state index < -0.39 is 0 Å². The Morgan fingerprint density at radius 1 is 1.07 bits per heavy atom. The number of hydrogen-bond acceptors (Lipinski definition) is 6. The fourth-order valence-corrected chi connectivity index (χ4v) is 2.94. The van der Waals surface area contributed by atoms with E-state index in [9.17, 15) is 15.5 Å². The molecule has 1 heterocycles. The number of pyridine rings is 1. The molecule has 3 aromatic rings. The summed E-state index contributed by atoms with van der Waals surface area (Å²) in [6.07, 6.45) is 0. The molecule has 3 rings (SSSR count). The molecule has 2 aromatic carbocycles. The molecule has 6 nitrogen and oxygen atoms in total. The fourth-order valence-electron chi connectivity index (χ4n) is 2.94. The van der Waals surface area contributed by atoms with Crippen LogP contribution in [0.25, 0.3) is 22.4 Å². The average molecular weight is 360 g/mol. The fraction of sp³-hybridized carbons (Fsp3) is 0.143. The molecule has 136 valence electrons. The number of nitrogens with two attached hydrogens (primary N) is 1. The molecule has 0 bridgehead atoms. The van der Waals surface area contributed by atoms with Crippen LogP contribution in [0.2, 0.25) is 0 Å². The SMILES string of the molecule is CN(C)Cc1cc(-c2cc(-c3cccc(O)c3)nc(N)c2C#N)ccc1O. The first-order chi connectivity index (χ1) is 12.9. The minimum Gasteiger partial charge on any atom is -0.508 e. The molecule has 0 amide bonds. The number of nitriles is 1. The first-order valence-corrected chi connectivity index (χ1v) is 8.36. The molecule has 0 radical (unpaired) electrons. The van der Waals surface area contributed by atoms with Crippen LogP contribution < -0.4 is 5.73 Å². The van der Waals surface area contributed by atoms with E-state index in [-0.39, 0.29) is 22.9 Å². The molecular formula is C21H20N4O2. The Bertz CT molecular complexity index is 1040. The van der Waals surface area contributed by atoms with Crippen molar-refractivity contribution in [3.05, 3.63) is 59.7 Å². The van der Waals surface area contributed by atoms with E-state index in [0.717, 1.165) is 11.1 Å². The molecule has 0 spiro atoms. The van der Waals surface area contributed by atoms with Gasteiger partial charge in [0, 0.05) is 23.2 Å². The van der Waals surface area contributed by atoms with E-state index in [0.29, 0.717) is 23.4 Å². The van der Waals surface area contributed by atoms with Gasteiger partial charge < -0.3 is 20.8 Å². The van der Waals surface area contributed by atoms with Crippen molar-refractivity contribution in [2.75, 3.05) is 19.8 Å². The minimum atomic E-state index is 0.121. The summed E-state index contributed by atoms with van der Waals surface area (Å²) in [4.78, 5) is 6.26. The van der Waals surface area contributed by atoms with Crippen molar-refractivity contribution in [3.8, 4) is 40.0 Å². The van der Waals surface area contributed by atoms with Gasteiger partial charge in [0.05, 0.1) is 5.69 Å². The molecule has 1 aromatic heterocycles. The number of aromatic hydroxyl groups is 2. The van der Waals surface area contributed by atoms with Gasteiger partial charge in [-0.05, 0) is 50.0 Å². The molecule has 0 aliphatic heterocycles. The second-order valence-corrected chi connectivity index (χ2v) is 6.56. The van der Waals surface area contributed by atoms with E-state index in [1.165, 1.54) is 0 Å². The summed E-state index contributed by atoms with van der Waals surface area (Å²) in [7, 11) is 3.83. The van der Waals surface area contributed by atoms with E-state index in [2.05, 4.69) is 11.1 Å². The molecule has 0 unspecified atom stereocenters. The van der Waals surface area contributed by atoms with Gasteiger partial charge in [0.15, 0.2) is 0 Å². The number of hydrogen-bond donors (Lipinski definition) is 3. The Morgan fingerprint density at radius 3 is 2.52 bits per heavy atom. The van der Waals surface area contributed by atoms with Crippen LogP contribution in [-0.2, 0) is 6.54 Å². The summed E-state index contributed by atoms with van der Waals surface area (Å²) in [5.41, 5.74) is 9.70. The minimum absolute atomic E-state index is 0.121. The standard InChI is InChI=1S/C21H20N4O2/c1-25(2)12-15-8-13(6-7-20(15)27)17-10-19(24-21(23)18(17)11-22)14-4-3-5-16(26)9-14/h3-10,26-27H,12H2,1-2H3,(H2,23,24). The predicted octanol–water partition coefficient (Wildman–Crippen LogP) is 3.34. The monoisotopic (exact) mass is 360 g/mol. The zero-order valence-corrected chi connectivity index (χ0v) is 15.1. The van der Waals surface area contributed by atoms with Crippen molar-refractivity contribution in [3.63, 3.8) is 0 Å². The van der Waals surface area contributed by atoms with Crippen LogP contribution >= 0.6 is 0 Å². The highest BCUT2D eigenvalue weighted by molar-refractivity contribution is 5.81. The zero-order chi connectivity index (χ0) is 19.6. The maximum absolute atomic E-state index is 10.1. The molecule has 4 N–H and O–H groups in total. The second-order valence-electron chi connectivity index (χ2n) is 6.56. The number of nitrogens with zero attached hydrogens (tertiary/aromatic N) is 3. The third-order valence-electron chi connectivity index (χ3n) is 4.18. The van der Waals surface area contributed by atoms with Gasteiger partial charge in [-0.3, -0.25) is 0 Å². The third kappa shape index (κ3) is 3.84. The number of phenols is 2. The van der Waals surface area contributed by atoms with Gasteiger partial charge in [-0.15, -0.1) is 0 Å². The van der Waals surface area contributed by atoms with Crippen LogP contribution in [0, 0.1) is 11.3 Å². The maximum Gasteiger partial charge on any atom is 0.142 e. The summed E-state index contributed by atoms with van der Waals surface area (Å²) in [5, 5.41) is 29.4. The van der Waals surface area contributed by atoms with Gasteiger partial charge in [0.25, 0.3) is 0 Å². The Labute approximate surface area is 157 Å². The summed E-state index contributed by atoms with van der Waals surface area (Å²) in [6.45, 7) is 0.557. The summed E-state index contributed by atoms with van der Waals surface area (Å²) >= 11 is 0. The lowest BCUT2D eigenvalue weighted by Crippen LogP contribution is -2.10. The van der Waals surface area contributed by atoms with Crippen molar-refractivity contribution in [1.29, 1.82) is 5.26 Å². The second kappa shape index (κ2) is 7.36. The van der Waals surface area contributed by atoms with Crippen molar-refractivity contribution < 1.29 is 10.2 Å². The van der Waals surface area contributed by atoms with E-state index in [1.54, 1.807) is 36.4 Å². The van der Waals surface area contributed by atoms with Crippen molar-refractivity contribution >= 4 is 5.82 Å². The lowest BCUT2D eigenvalue weighted by Gasteiger charge is -2.14. The summed E-state index contributed by atoms with van der Waals surface area (Å²) in [6, 6.07) is 15.8. The maximum atomic E-state index is 10.1. The number of anilines is 1. The van der Waals surface area contributed by atoms with E-state index in [4.69, 9.17) is 5.73 Å². The lowest BCUT2D eigenvalue weighted by molar-refractivity contribution is 0.386. The molecule has 27 heavy (non-hydrogen) atoms. The quantitative estimate of drug-likeness (QED) is 0.659. The Balaban J connectivity index is 2.19. The van der Waals surface area contributed by atoms with Crippen LogP contribution in [0.3, 0.4) is 0 Å². The van der Waals surface area contributed by atoms with Crippen LogP contribution in [0.15, 0.2) is 48.5 Å². The van der Waals surface area contributed by atoms with Gasteiger partial charge in [0.2, 0.25) is 0 Å². The van der Waals surface area contributed by atoms with Crippen LogP contribution in [-0.4, -0.2) is 34.2 Å². The molecule has 6 heteroatoms. The molecule has 0 aliphatic rings. The number of rotatable bonds is 4. The predicted molar refractivity (Wildman–Crippen MR) is 105 cm³/mol. The van der Waals surface area contributed by atoms with Crippen molar-refractivity contribution in [2.24, 2.45) is 0 Å². The van der Waals surface area contributed by atoms with Gasteiger partial charge in [-0.25, -0.2) is 4.98 Å². The summed E-state index contributed by atoms with van der Waals surface area (Å²) in [5.74, 6) is 0.438. The Hall–Kier alpha value is -3.56. The Kier molecular flexibility index (Phi) is 4.97. The van der Waals surface area contributed by atoms with Gasteiger partial charge in [0.1, 0.15) is 28.9 Å². The number of aromatic nitrogens is 1. The molecule has 0 aliphatic carbocycles. The van der Waals surface area contributed by atoms with Gasteiger partial charge in [-0.2, -0.15) is 5.26 Å². The highest BCUT2D eigenvalue weighted by atomic mass is 16.3. The van der Waals surface area contributed by atoms with E-state index >= 15 is 0 Å². The molecule has 0 saturated carbocycles. The highest BCUT2D eigenvalue weighted by Gasteiger charge is 2.15. The summed E-state index contributed by atoms with van der Waals surface area (Å²) < 4.78 is 0. The zero-order valence-electron chi connectivity index (χ0n) is 15.1. The van der Waals surface area contributed by atoms with E-state index in [1.807, 2.05) is 31.1 Å². The average Bonchev–Trinajstić information content (AvgIpc) is 2.62. The molecule has 0 fully saturated rings. The van der Waals surface area contributed by atoms with Crippen molar-refractivity contribution in [1.82, 2.24) is 9.88 Å². The largest absolute Gasteiger partial charge is 0.508 e. The smallest absolute Gasteiger partial charge is 0.142 e. The van der Waals surface area contributed by atoms with Crippen LogP contribution in [0.5, 0.6) is 11.5 Å². The normalized spacial score (nSPS) is 10.7. The first-order valence-electron chi connectivity index (χ1n) is 8.36. The number of phenolic OH excluding ortho intramolecular Hbond substituents is 2. The highest BCUT2D eigenvalue weighted by Crippen LogP contribution is 2.34. The van der Waals surface area contributed by atoms with Crippen LogP contribution in [0.4, 0.5) is 5.82 Å². The van der Waals surface area contributed by atoms with Crippen LogP contribution in [0.1, 0.15) is 11.1 Å². The Morgan fingerprint density at radius 2 is 1.85 bits per heavy atom. The first kappa shape index (κ1) is 18.2. The number of nitrogen functional groups attached to an aromatic ring is 1. The molecular weight excluding hydrogens is 340 g/mol. The molecule has 0 saturated heterocycles. The third-order valence-corrected chi connectivity index (χ3v) is 4.18. The molecule has 0 atom stereocenters. The number of benzene rings is 2. The lowest BCUT2D eigenvalue weighted by atomic mass is 9.96. The topological polar surface area (TPSA) is 106 Å². The van der Waals surface area contributed by atoms with Gasteiger partial charge in [-0.1, -0.05) is 18.2 Å².